The molecule has 0 fully saturated rings. The molecule has 3 N–H and O–H groups in total. The average molecular weight is 574 g/mol. The first-order chi connectivity index (χ1) is 19.9. The van der Waals surface area contributed by atoms with Gasteiger partial charge in [0, 0.05) is 16.8 Å². The molecule has 1 aliphatic heterocycles. The molecular weight excluding hydrogens is 547 g/mol. The molecule has 0 bridgehead atoms. The number of hydrogen-bond donors (Lipinski definition) is 3. The van der Waals surface area contributed by atoms with Crippen molar-refractivity contribution in [3.63, 3.8) is 0 Å². The van der Waals surface area contributed by atoms with Gasteiger partial charge in [-0.3, -0.25) is 19.9 Å². The largest absolute Gasteiger partial charge is 0.505 e. The molecule has 7 nitrogen and oxygen atoms in total. The van der Waals surface area contributed by atoms with Crippen LogP contribution in [0.5, 0.6) is 5.75 Å². The number of aryl methyl sites for hydroxylation is 2. The van der Waals surface area contributed by atoms with Gasteiger partial charge in [-0.15, -0.1) is 0 Å². The van der Waals surface area contributed by atoms with Crippen molar-refractivity contribution in [1.82, 2.24) is 0 Å². The van der Waals surface area contributed by atoms with Crippen LogP contribution in [0.15, 0.2) is 84.0 Å². The first kappa shape index (κ1) is 28.4. The standard InChI is InChI=1S/C32H26F3N3O4/c1-17-7-13-23(15-18(17)2)38-27-16-22(32(33,34)35)12-14-25(27)28(30(38)40)37-36-26-6-4-5-24(29(26)39)21-10-8-20(9-11-21)19(3)31(41)42/h4-16,19,36,39H,1-3H3,(H,41,42). The molecular formula is C32H26F3N3O4. The Bertz CT molecular complexity index is 1750. The van der Waals surface area contributed by atoms with E-state index in [1.807, 2.05) is 13.8 Å². The summed E-state index contributed by atoms with van der Waals surface area (Å²) in [5.41, 5.74) is 5.99. The Labute approximate surface area is 239 Å². The number of nitrogens with one attached hydrogen (secondary N) is 1. The summed E-state index contributed by atoms with van der Waals surface area (Å²) in [6.07, 6.45) is -4.61. The first-order valence-electron chi connectivity index (χ1n) is 13.0. The number of benzene rings is 4. The first-order valence-corrected chi connectivity index (χ1v) is 13.0. The number of phenolic OH excluding ortho intramolecular Hbond substituents is 1. The summed E-state index contributed by atoms with van der Waals surface area (Å²) >= 11 is 0. The van der Waals surface area contributed by atoms with Crippen LogP contribution in [-0.4, -0.2) is 27.8 Å². The zero-order valence-corrected chi connectivity index (χ0v) is 22.8. The van der Waals surface area contributed by atoms with E-state index in [0.29, 0.717) is 22.4 Å². The van der Waals surface area contributed by atoms with Gasteiger partial charge in [0.1, 0.15) is 5.75 Å². The highest BCUT2D eigenvalue weighted by molar-refractivity contribution is 6.55. The Balaban J connectivity index is 1.52. The number of hydrazone groups is 1. The number of hydrogen-bond acceptors (Lipinski definition) is 5. The zero-order chi connectivity index (χ0) is 30.3. The normalized spacial score (nSPS) is 14.7. The molecule has 0 aromatic heterocycles. The Kier molecular flexibility index (Phi) is 7.24. The molecule has 0 spiro atoms. The number of anilines is 3. The van der Waals surface area contributed by atoms with Gasteiger partial charge in [0.15, 0.2) is 5.71 Å². The van der Waals surface area contributed by atoms with Crippen LogP contribution in [0.2, 0.25) is 0 Å². The second kappa shape index (κ2) is 10.7. The number of carbonyl (C=O) groups is 2. The van der Waals surface area contributed by atoms with Gasteiger partial charge >= 0.3 is 12.1 Å². The predicted octanol–water partition coefficient (Wildman–Crippen LogP) is 7.38. The van der Waals surface area contributed by atoms with Crippen molar-refractivity contribution in [2.45, 2.75) is 32.9 Å². The van der Waals surface area contributed by atoms with Crippen LogP contribution in [0, 0.1) is 13.8 Å². The minimum absolute atomic E-state index is 0.0484. The van der Waals surface area contributed by atoms with Crippen LogP contribution in [0.4, 0.5) is 30.2 Å². The number of para-hydroxylation sites is 1. The van der Waals surface area contributed by atoms with E-state index in [-0.39, 0.29) is 28.4 Å². The van der Waals surface area contributed by atoms with Crippen molar-refractivity contribution < 1.29 is 33.0 Å². The molecule has 1 amide bonds. The lowest BCUT2D eigenvalue weighted by atomic mass is 9.97. The number of halogens is 3. The van der Waals surface area contributed by atoms with E-state index in [9.17, 15) is 33.0 Å². The third-order valence-electron chi connectivity index (χ3n) is 7.39. The van der Waals surface area contributed by atoms with Crippen molar-refractivity contribution in [2.24, 2.45) is 5.10 Å². The highest BCUT2D eigenvalue weighted by Crippen LogP contribution is 2.41. The van der Waals surface area contributed by atoms with Gasteiger partial charge in [0.2, 0.25) is 0 Å². The molecule has 0 saturated carbocycles. The lowest BCUT2D eigenvalue weighted by Gasteiger charge is -2.19. The van der Waals surface area contributed by atoms with E-state index >= 15 is 0 Å². The molecule has 0 aliphatic carbocycles. The fourth-order valence-electron chi connectivity index (χ4n) is 4.73. The van der Waals surface area contributed by atoms with E-state index in [1.54, 1.807) is 61.5 Å². The molecule has 1 aliphatic rings. The fraction of sp³-hybridized carbons (Fsp3) is 0.156. The van der Waals surface area contributed by atoms with Crippen LogP contribution in [0.1, 0.15) is 40.7 Å². The summed E-state index contributed by atoms with van der Waals surface area (Å²) in [7, 11) is 0. The van der Waals surface area contributed by atoms with Crippen molar-refractivity contribution in [3.05, 3.63) is 107 Å². The van der Waals surface area contributed by atoms with Crippen LogP contribution in [0.25, 0.3) is 11.1 Å². The van der Waals surface area contributed by atoms with E-state index in [4.69, 9.17) is 0 Å². The van der Waals surface area contributed by atoms with Gasteiger partial charge in [-0.05, 0) is 79.4 Å². The van der Waals surface area contributed by atoms with E-state index in [0.717, 1.165) is 23.3 Å². The molecule has 4 aromatic rings. The number of aromatic hydroxyl groups is 1. The number of alkyl halides is 3. The van der Waals surface area contributed by atoms with Gasteiger partial charge < -0.3 is 10.2 Å². The van der Waals surface area contributed by atoms with E-state index in [2.05, 4.69) is 10.5 Å². The summed E-state index contributed by atoms with van der Waals surface area (Å²) in [5.74, 6) is -2.45. The number of nitrogens with zero attached hydrogens (tertiary/aromatic N) is 2. The summed E-state index contributed by atoms with van der Waals surface area (Å²) < 4.78 is 40.8. The monoisotopic (exact) mass is 573 g/mol. The van der Waals surface area contributed by atoms with Crippen molar-refractivity contribution in [1.29, 1.82) is 0 Å². The lowest BCUT2D eigenvalue weighted by Crippen LogP contribution is -2.26. The van der Waals surface area contributed by atoms with Crippen molar-refractivity contribution >= 4 is 34.7 Å². The topological polar surface area (TPSA) is 102 Å². The average Bonchev–Trinajstić information content (AvgIpc) is 3.23. The number of aliphatic carboxylic acids is 1. The second-order valence-electron chi connectivity index (χ2n) is 10.1. The van der Waals surface area contributed by atoms with Gasteiger partial charge in [-0.25, -0.2) is 0 Å². The smallest absolute Gasteiger partial charge is 0.416 e. The Hall–Kier alpha value is -5.12. The third-order valence-corrected chi connectivity index (χ3v) is 7.39. The summed E-state index contributed by atoms with van der Waals surface area (Å²) in [4.78, 5) is 26.1. The number of amides is 1. The van der Waals surface area contributed by atoms with E-state index in [1.165, 1.54) is 17.0 Å². The Morgan fingerprint density at radius 2 is 1.64 bits per heavy atom. The summed E-state index contributed by atoms with van der Waals surface area (Å²) in [5, 5.41) is 24.5. The number of phenols is 1. The quantitative estimate of drug-likeness (QED) is 0.165. The number of fused-ring (bicyclic) bond motifs is 1. The minimum atomic E-state index is -4.61. The maximum absolute atomic E-state index is 13.6. The van der Waals surface area contributed by atoms with Crippen LogP contribution in [0.3, 0.4) is 0 Å². The molecule has 4 aromatic carbocycles. The van der Waals surface area contributed by atoms with Crippen LogP contribution in [-0.2, 0) is 15.8 Å². The van der Waals surface area contributed by atoms with Crippen molar-refractivity contribution in [2.75, 3.05) is 10.3 Å². The van der Waals surface area contributed by atoms with Gasteiger partial charge in [-0.2, -0.15) is 18.3 Å². The summed E-state index contributed by atoms with van der Waals surface area (Å²) in [6, 6.07) is 19.8. The fourth-order valence-corrected chi connectivity index (χ4v) is 4.73. The van der Waals surface area contributed by atoms with Crippen LogP contribution < -0.4 is 10.3 Å². The Morgan fingerprint density at radius 3 is 2.29 bits per heavy atom. The van der Waals surface area contributed by atoms with E-state index < -0.39 is 29.5 Å². The number of carbonyl (C=O) groups excluding carboxylic acids is 1. The third kappa shape index (κ3) is 5.18. The number of carboxylic acids is 1. The molecule has 10 heteroatoms. The molecule has 1 unspecified atom stereocenters. The maximum atomic E-state index is 13.6. The zero-order valence-electron chi connectivity index (χ0n) is 22.8. The van der Waals surface area contributed by atoms with Gasteiger partial charge in [-0.1, -0.05) is 42.5 Å². The molecule has 42 heavy (non-hydrogen) atoms. The predicted molar refractivity (Wildman–Crippen MR) is 154 cm³/mol. The van der Waals surface area contributed by atoms with Crippen molar-refractivity contribution in [3.8, 4) is 16.9 Å². The molecule has 214 valence electrons. The van der Waals surface area contributed by atoms with Crippen LogP contribution >= 0.6 is 0 Å². The highest BCUT2D eigenvalue weighted by Gasteiger charge is 2.39. The molecule has 1 heterocycles. The molecule has 5 rings (SSSR count). The lowest BCUT2D eigenvalue weighted by molar-refractivity contribution is -0.138. The Morgan fingerprint density at radius 1 is 0.929 bits per heavy atom. The number of rotatable bonds is 6. The molecule has 0 radical (unpaired) electrons. The number of carboxylic acid groups (broad SMARTS) is 1. The van der Waals surface area contributed by atoms with Gasteiger partial charge in [0.05, 0.1) is 22.9 Å². The molecule has 0 saturated heterocycles. The molecule has 1 atom stereocenters. The van der Waals surface area contributed by atoms with Gasteiger partial charge in [0.25, 0.3) is 5.91 Å². The highest BCUT2D eigenvalue weighted by atomic mass is 19.4. The summed E-state index contributed by atoms with van der Waals surface area (Å²) in [6.45, 7) is 5.31. The second-order valence-corrected chi connectivity index (χ2v) is 10.1. The SMILES string of the molecule is Cc1ccc(N2C(=O)C(=NNc3cccc(-c4ccc(C(C)C(=O)O)cc4)c3O)c3ccc(C(F)(F)F)cc32)cc1C. The maximum Gasteiger partial charge on any atom is 0.416 e. The minimum Gasteiger partial charge on any atom is -0.505 e.